The van der Waals surface area contributed by atoms with Crippen LogP contribution in [0.5, 0.6) is 5.75 Å². The largest absolute Gasteiger partial charge is 0.497 e. The minimum absolute atomic E-state index is 0.430. The van der Waals surface area contributed by atoms with Gasteiger partial charge in [-0.05, 0) is 55.1 Å². The van der Waals surface area contributed by atoms with Crippen molar-refractivity contribution in [3.8, 4) is 5.75 Å². The molecule has 106 valence electrons. The van der Waals surface area contributed by atoms with E-state index in [1.165, 1.54) is 16.8 Å². The van der Waals surface area contributed by atoms with Crippen LogP contribution < -0.4 is 10.1 Å². The predicted octanol–water partition coefficient (Wildman–Crippen LogP) is 2.25. The van der Waals surface area contributed by atoms with Gasteiger partial charge in [0.1, 0.15) is 5.75 Å². The van der Waals surface area contributed by atoms with E-state index in [0.717, 1.165) is 31.6 Å². The number of methoxy groups -OCH3 is 1. The Balaban J connectivity index is 1.75. The lowest BCUT2D eigenvalue weighted by Gasteiger charge is -2.27. The summed E-state index contributed by atoms with van der Waals surface area (Å²) in [7, 11) is 3.73. The van der Waals surface area contributed by atoms with E-state index in [2.05, 4.69) is 34.7 Å². The molecule has 0 fully saturated rings. The van der Waals surface area contributed by atoms with Crippen molar-refractivity contribution in [1.82, 2.24) is 15.1 Å². The minimum atomic E-state index is 0.430. The third-order valence-electron chi connectivity index (χ3n) is 4.12. The fourth-order valence-corrected chi connectivity index (χ4v) is 2.95. The van der Waals surface area contributed by atoms with Crippen molar-refractivity contribution >= 4 is 0 Å². The highest BCUT2D eigenvalue weighted by molar-refractivity contribution is 5.39. The molecule has 0 aliphatic carbocycles. The quantitative estimate of drug-likeness (QED) is 0.927. The van der Waals surface area contributed by atoms with E-state index in [0.29, 0.717) is 6.04 Å². The lowest BCUT2D eigenvalue weighted by atomic mass is 9.91. The summed E-state index contributed by atoms with van der Waals surface area (Å²) in [5, 5.41) is 7.85. The Labute approximate surface area is 119 Å². The van der Waals surface area contributed by atoms with Crippen molar-refractivity contribution in [2.75, 3.05) is 13.7 Å². The number of nitrogens with zero attached hydrogens (tertiary/aromatic N) is 2. The number of benzene rings is 1. The first-order valence-corrected chi connectivity index (χ1v) is 7.15. The van der Waals surface area contributed by atoms with Crippen LogP contribution in [0.3, 0.4) is 0 Å². The average molecular weight is 271 g/mol. The molecule has 3 rings (SSSR count). The highest BCUT2D eigenvalue weighted by atomic mass is 16.5. The molecule has 4 nitrogen and oxygen atoms in total. The predicted molar refractivity (Wildman–Crippen MR) is 79.0 cm³/mol. The number of fused-ring (bicyclic) bond motifs is 1. The zero-order chi connectivity index (χ0) is 13.9. The number of aryl methyl sites for hydroxylation is 2. The zero-order valence-electron chi connectivity index (χ0n) is 12.1. The van der Waals surface area contributed by atoms with Gasteiger partial charge in [0.2, 0.25) is 0 Å². The molecule has 4 heteroatoms. The fraction of sp³-hybridized carbons (Fsp3) is 0.438. The lowest BCUT2D eigenvalue weighted by Crippen LogP contribution is -2.30. The van der Waals surface area contributed by atoms with E-state index in [1.807, 2.05) is 17.9 Å². The van der Waals surface area contributed by atoms with Crippen LogP contribution in [0.4, 0.5) is 0 Å². The van der Waals surface area contributed by atoms with Crippen molar-refractivity contribution in [3.63, 3.8) is 0 Å². The summed E-state index contributed by atoms with van der Waals surface area (Å²) in [5.74, 6) is 0.955. The summed E-state index contributed by atoms with van der Waals surface area (Å²) in [6, 6.07) is 8.96. The molecule has 0 amide bonds. The van der Waals surface area contributed by atoms with Gasteiger partial charge in [-0.1, -0.05) is 6.07 Å². The highest BCUT2D eigenvalue weighted by Gasteiger charge is 2.20. The first-order valence-electron chi connectivity index (χ1n) is 7.15. The molecule has 0 radical (unpaired) electrons. The third-order valence-corrected chi connectivity index (χ3v) is 4.12. The van der Waals surface area contributed by atoms with Gasteiger partial charge in [0, 0.05) is 25.0 Å². The summed E-state index contributed by atoms with van der Waals surface area (Å²) < 4.78 is 7.27. The van der Waals surface area contributed by atoms with Gasteiger partial charge in [-0.25, -0.2) is 0 Å². The van der Waals surface area contributed by atoms with Gasteiger partial charge in [-0.3, -0.25) is 4.68 Å². The van der Waals surface area contributed by atoms with Crippen molar-refractivity contribution in [2.24, 2.45) is 7.05 Å². The molecule has 0 spiro atoms. The molecular weight excluding hydrogens is 250 g/mol. The smallest absolute Gasteiger partial charge is 0.119 e. The van der Waals surface area contributed by atoms with Gasteiger partial charge >= 0.3 is 0 Å². The highest BCUT2D eigenvalue weighted by Crippen LogP contribution is 2.29. The summed E-state index contributed by atoms with van der Waals surface area (Å²) in [6.45, 7) is 1.04. The van der Waals surface area contributed by atoms with Gasteiger partial charge in [-0.15, -0.1) is 0 Å². The Bertz CT molecular complexity index is 591. The number of hydrogen-bond acceptors (Lipinski definition) is 3. The number of hydrogen-bond donors (Lipinski definition) is 1. The normalized spacial score (nSPS) is 17.8. The van der Waals surface area contributed by atoms with Crippen molar-refractivity contribution in [1.29, 1.82) is 0 Å². The molecule has 1 aliphatic rings. The Hall–Kier alpha value is -1.81. The number of rotatable bonds is 4. The van der Waals surface area contributed by atoms with Crippen LogP contribution >= 0.6 is 0 Å². The van der Waals surface area contributed by atoms with E-state index in [4.69, 9.17) is 4.74 Å². The molecule has 20 heavy (non-hydrogen) atoms. The molecule has 1 unspecified atom stereocenters. The standard InChI is InChI=1S/C16H21N3O/c1-19-13(8-10-18-19)3-6-16-15-5-4-14(20-2)11-12(15)7-9-17-16/h4-5,8,10-11,16-17H,3,6-7,9H2,1-2H3. The number of nitrogens with one attached hydrogen (secondary N) is 1. The second kappa shape index (κ2) is 5.67. The van der Waals surface area contributed by atoms with Crippen molar-refractivity contribution in [2.45, 2.75) is 25.3 Å². The Morgan fingerprint density at radius 1 is 1.40 bits per heavy atom. The monoisotopic (exact) mass is 271 g/mol. The maximum atomic E-state index is 5.32. The molecule has 0 saturated heterocycles. The molecular formula is C16H21N3O. The van der Waals surface area contributed by atoms with Crippen LogP contribution in [0.15, 0.2) is 30.5 Å². The molecule has 1 N–H and O–H groups in total. The van der Waals surface area contributed by atoms with E-state index in [9.17, 15) is 0 Å². The number of aromatic nitrogens is 2. The van der Waals surface area contributed by atoms with Gasteiger partial charge in [0.15, 0.2) is 0 Å². The lowest BCUT2D eigenvalue weighted by molar-refractivity contribution is 0.411. The Morgan fingerprint density at radius 2 is 2.30 bits per heavy atom. The van der Waals surface area contributed by atoms with Gasteiger partial charge in [-0.2, -0.15) is 5.10 Å². The SMILES string of the molecule is COc1ccc2c(c1)CCNC2CCc1ccnn1C. The second-order valence-electron chi connectivity index (χ2n) is 5.31. The third kappa shape index (κ3) is 2.56. The minimum Gasteiger partial charge on any atom is -0.497 e. The van der Waals surface area contributed by atoms with Crippen LogP contribution in [0.25, 0.3) is 0 Å². The van der Waals surface area contributed by atoms with Crippen LogP contribution in [0.2, 0.25) is 0 Å². The average Bonchev–Trinajstić information content (AvgIpc) is 2.89. The van der Waals surface area contributed by atoms with E-state index < -0.39 is 0 Å². The first-order chi connectivity index (χ1) is 9.78. The summed E-state index contributed by atoms with van der Waals surface area (Å²) in [5.41, 5.74) is 4.12. The van der Waals surface area contributed by atoms with E-state index in [1.54, 1.807) is 7.11 Å². The van der Waals surface area contributed by atoms with E-state index >= 15 is 0 Å². The van der Waals surface area contributed by atoms with E-state index in [-0.39, 0.29) is 0 Å². The second-order valence-corrected chi connectivity index (χ2v) is 5.31. The first kappa shape index (κ1) is 13.2. The fourth-order valence-electron chi connectivity index (χ4n) is 2.95. The molecule has 0 bridgehead atoms. The Morgan fingerprint density at radius 3 is 3.05 bits per heavy atom. The molecule has 2 aromatic rings. The van der Waals surface area contributed by atoms with Gasteiger partial charge in [0.05, 0.1) is 7.11 Å². The van der Waals surface area contributed by atoms with Crippen LogP contribution in [-0.2, 0) is 19.9 Å². The van der Waals surface area contributed by atoms with Crippen LogP contribution in [0.1, 0.15) is 29.3 Å². The molecule has 0 saturated carbocycles. The molecule has 1 atom stereocenters. The maximum absolute atomic E-state index is 5.32. The molecule has 1 aliphatic heterocycles. The van der Waals surface area contributed by atoms with Crippen molar-refractivity contribution < 1.29 is 4.74 Å². The van der Waals surface area contributed by atoms with Gasteiger partial charge in [0.25, 0.3) is 0 Å². The van der Waals surface area contributed by atoms with Crippen LogP contribution in [-0.4, -0.2) is 23.4 Å². The molecule has 1 aromatic carbocycles. The van der Waals surface area contributed by atoms with Crippen LogP contribution in [0, 0.1) is 0 Å². The zero-order valence-corrected chi connectivity index (χ0v) is 12.1. The maximum Gasteiger partial charge on any atom is 0.119 e. The van der Waals surface area contributed by atoms with Crippen molar-refractivity contribution in [3.05, 3.63) is 47.3 Å². The Kier molecular flexibility index (Phi) is 3.74. The number of ether oxygens (including phenoxy) is 1. The van der Waals surface area contributed by atoms with Gasteiger partial charge < -0.3 is 10.1 Å². The molecule has 2 heterocycles. The summed E-state index contributed by atoms with van der Waals surface area (Å²) in [6.07, 6.45) is 5.08. The summed E-state index contributed by atoms with van der Waals surface area (Å²) >= 11 is 0. The molecule has 1 aromatic heterocycles. The topological polar surface area (TPSA) is 39.1 Å². The summed E-state index contributed by atoms with van der Waals surface area (Å²) in [4.78, 5) is 0.